The second-order valence-electron chi connectivity index (χ2n) is 4.16. The summed E-state index contributed by atoms with van der Waals surface area (Å²) >= 11 is 1.73. The predicted octanol–water partition coefficient (Wildman–Crippen LogP) is 3.12. The van der Waals surface area contributed by atoms with E-state index in [-0.39, 0.29) is 6.61 Å². The van der Waals surface area contributed by atoms with Gasteiger partial charge in [0.1, 0.15) is 5.82 Å². The van der Waals surface area contributed by atoms with Gasteiger partial charge in [-0.15, -0.1) is 11.3 Å². The molecule has 1 unspecified atom stereocenters. The van der Waals surface area contributed by atoms with Gasteiger partial charge in [0.15, 0.2) is 0 Å². The first-order chi connectivity index (χ1) is 8.35. The minimum Gasteiger partial charge on any atom is -0.396 e. The maximum absolute atomic E-state index is 8.96. The average molecular weight is 250 g/mol. The first-order valence-electron chi connectivity index (χ1n) is 6.02. The molecule has 0 amide bonds. The largest absolute Gasteiger partial charge is 0.396 e. The van der Waals surface area contributed by atoms with Crippen molar-refractivity contribution in [1.29, 1.82) is 0 Å². The molecule has 0 spiro atoms. The summed E-state index contributed by atoms with van der Waals surface area (Å²) in [6.45, 7) is 3.29. The number of fused-ring (bicyclic) bond motifs is 1. The normalized spacial score (nSPS) is 12.8. The molecule has 92 valence electrons. The van der Waals surface area contributed by atoms with Crippen molar-refractivity contribution < 1.29 is 5.11 Å². The Morgan fingerprint density at radius 1 is 1.47 bits per heavy atom. The lowest BCUT2D eigenvalue weighted by Gasteiger charge is -2.15. The summed E-state index contributed by atoms with van der Waals surface area (Å²) in [6, 6.07) is 4.14. The molecule has 4 heteroatoms. The highest BCUT2D eigenvalue weighted by Gasteiger charge is 2.07. The average Bonchev–Trinajstić information content (AvgIpc) is 2.83. The zero-order valence-electron chi connectivity index (χ0n) is 10.0. The Bertz CT molecular complexity index is 469. The Kier molecular flexibility index (Phi) is 4.34. The fourth-order valence-corrected chi connectivity index (χ4v) is 2.69. The van der Waals surface area contributed by atoms with E-state index in [9.17, 15) is 0 Å². The number of aromatic nitrogens is 1. The van der Waals surface area contributed by atoms with Crippen molar-refractivity contribution in [3.8, 4) is 0 Å². The molecule has 0 radical (unpaired) electrons. The van der Waals surface area contributed by atoms with Gasteiger partial charge in [0.25, 0.3) is 0 Å². The number of anilines is 1. The van der Waals surface area contributed by atoms with Crippen LogP contribution < -0.4 is 5.32 Å². The maximum Gasteiger partial charge on any atom is 0.134 e. The van der Waals surface area contributed by atoms with Crippen molar-refractivity contribution in [2.75, 3.05) is 18.5 Å². The second-order valence-corrected chi connectivity index (χ2v) is 5.11. The van der Waals surface area contributed by atoms with E-state index in [0.717, 1.165) is 25.2 Å². The lowest BCUT2D eigenvalue weighted by molar-refractivity contribution is 0.258. The van der Waals surface area contributed by atoms with Gasteiger partial charge >= 0.3 is 0 Å². The lowest BCUT2D eigenvalue weighted by atomic mass is 10.0. The fraction of sp³-hybridized carbons (Fsp3) is 0.462. The molecule has 0 fully saturated rings. The van der Waals surface area contributed by atoms with Crippen LogP contribution in [0.5, 0.6) is 0 Å². The number of hydrogen-bond donors (Lipinski definition) is 2. The highest BCUT2D eigenvalue weighted by atomic mass is 32.1. The molecule has 0 saturated carbocycles. The Morgan fingerprint density at radius 3 is 3.12 bits per heavy atom. The van der Waals surface area contributed by atoms with Crippen LogP contribution in [0.4, 0.5) is 5.82 Å². The Hall–Kier alpha value is -1.13. The van der Waals surface area contributed by atoms with Gasteiger partial charge < -0.3 is 10.4 Å². The summed E-state index contributed by atoms with van der Waals surface area (Å²) in [5, 5.41) is 15.6. The highest BCUT2D eigenvalue weighted by molar-refractivity contribution is 7.17. The number of aliphatic hydroxyl groups is 1. The molecule has 0 aromatic carbocycles. The van der Waals surface area contributed by atoms with E-state index in [1.807, 2.05) is 12.3 Å². The van der Waals surface area contributed by atoms with Gasteiger partial charge in [-0.2, -0.15) is 0 Å². The van der Waals surface area contributed by atoms with Gasteiger partial charge in [-0.25, -0.2) is 4.98 Å². The van der Waals surface area contributed by atoms with Crippen LogP contribution in [0.15, 0.2) is 23.7 Å². The van der Waals surface area contributed by atoms with Crippen LogP contribution in [0.25, 0.3) is 10.1 Å². The summed E-state index contributed by atoms with van der Waals surface area (Å²) in [5.41, 5.74) is 0. The smallest absolute Gasteiger partial charge is 0.134 e. The van der Waals surface area contributed by atoms with Crippen LogP contribution in [-0.4, -0.2) is 23.2 Å². The van der Waals surface area contributed by atoms with Gasteiger partial charge in [0.05, 0.1) is 0 Å². The van der Waals surface area contributed by atoms with Crippen LogP contribution in [-0.2, 0) is 0 Å². The molecule has 17 heavy (non-hydrogen) atoms. The first kappa shape index (κ1) is 12.3. The molecular formula is C13H18N2OS. The molecule has 2 aromatic rings. The highest BCUT2D eigenvalue weighted by Crippen LogP contribution is 2.26. The summed E-state index contributed by atoms with van der Waals surface area (Å²) < 4.78 is 1.26. The number of hydrogen-bond acceptors (Lipinski definition) is 4. The second kappa shape index (κ2) is 5.98. The van der Waals surface area contributed by atoms with E-state index in [1.54, 1.807) is 11.3 Å². The lowest BCUT2D eigenvalue weighted by Crippen LogP contribution is -2.15. The molecule has 0 aliphatic rings. The van der Waals surface area contributed by atoms with Gasteiger partial charge in [-0.3, -0.25) is 0 Å². The fourth-order valence-electron chi connectivity index (χ4n) is 1.91. The van der Waals surface area contributed by atoms with Gasteiger partial charge in [0.2, 0.25) is 0 Å². The van der Waals surface area contributed by atoms with Crippen molar-refractivity contribution in [3.05, 3.63) is 23.7 Å². The minimum atomic E-state index is 0.260. The Morgan fingerprint density at radius 2 is 2.35 bits per heavy atom. The van der Waals surface area contributed by atoms with Crippen molar-refractivity contribution in [2.24, 2.45) is 5.92 Å². The Labute approximate surface area is 106 Å². The van der Waals surface area contributed by atoms with Gasteiger partial charge in [-0.05, 0) is 29.9 Å². The predicted molar refractivity (Wildman–Crippen MR) is 73.6 cm³/mol. The molecule has 0 saturated heterocycles. The summed E-state index contributed by atoms with van der Waals surface area (Å²) in [6.07, 6.45) is 3.77. The topological polar surface area (TPSA) is 45.1 Å². The monoisotopic (exact) mass is 250 g/mol. The van der Waals surface area contributed by atoms with Crippen LogP contribution in [0.1, 0.15) is 19.8 Å². The van der Waals surface area contributed by atoms with E-state index in [1.165, 1.54) is 10.1 Å². The number of thiophene rings is 1. The van der Waals surface area contributed by atoms with Crippen molar-refractivity contribution in [3.63, 3.8) is 0 Å². The van der Waals surface area contributed by atoms with Crippen LogP contribution in [0.2, 0.25) is 0 Å². The molecule has 2 aromatic heterocycles. The third kappa shape index (κ3) is 2.96. The summed E-state index contributed by atoms with van der Waals surface area (Å²) in [5.74, 6) is 1.47. The molecule has 2 N–H and O–H groups in total. The Balaban J connectivity index is 2.05. The SMILES string of the molecule is CCC(CCO)CNc1nccc2sccc12. The molecule has 0 bridgehead atoms. The van der Waals surface area contributed by atoms with E-state index in [4.69, 9.17) is 5.11 Å². The molecule has 3 nitrogen and oxygen atoms in total. The first-order valence-corrected chi connectivity index (χ1v) is 6.90. The van der Waals surface area contributed by atoms with Gasteiger partial charge in [0, 0.05) is 29.4 Å². The number of pyridine rings is 1. The van der Waals surface area contributed by atoms with Crippen molar-refractivity contribution in [2.45, 2.75) is 19.8 Å². The summed E-state index contributed by atoms with van der Waals surface area (Å²) in [4.78, 5) is 4.38. The third-order valence-electron chi connectivity index (χ3n) is 3.05. The third-order valence-corrected chi connectivity index (χ3v) is 3.93. The zero-order valence-corrected chi connectivity index (χ0v) is 10.8. The van der Waals surface area contributed by atoms with Crippen molar-refractivity contribution >= 4 is 27.2 Å². The molecule has 2 rings (SSSR count). The van der Waals surface area contributed by atoms with E-state index < -0.39 is 0 Å². The quantitative estimate of drug-likeness (QED) is 0.828. The minimum absolute atomic E-state index is 0.260. The van der Waals surface area contributed by atoms with Crippen LogP contribution >= 0.6 is 11.3 Å². The molecule has 1 atom stereocenters. The molecular weight excluding hydrogens is 232 g/mol. The number of nitrogens with one attached hydrogen (secondary N) is 1. The van der Waals surface area contributed by atoms with E-state index >= 15 is 0 Å². The van der Waals surface area contributed by atoms with Crippen LogP contribution in [0, 0.1) is 5.92 Å². The number of aliphatic hydroxyl groups excluding tert-OH is 1. The standard InChI is InChI=1S/C13H18N2OS/c1-2-10(4-7-16)9-15-13-11-5-8-17-12(11)3-6-14-13/h3,5-6,8,10,16H,2,4,7,9H2,1H3,(H,14,15). The molecule has 0 aliphatic heterocycles. The maximum atomic E-state index is 8.96. The molecule has 2 heterocycles. The number of nitrogens with zero attached hydrogens (tertiary/aromatic N) is 1. The number of rotatable bonds is 6. The van der Waals surface area contributed by atoms with E-state index in [2.05, 4.69) is 28.7 Å². The zero-order chi connectivity index (χ0) is 12.1. The summed E-state index contributed by atoms with van der Waals surface area (Å²) in [7, 11) is 0. The van der Waals surface area contributed by atoms with Crippen molar-refractivity contribution in [1.82, 2.24) is 4.98 Å². The molecule has 0 aliphatic carbocycles. The van der Waals surface area contributed by atoms with E-state index in [0.29, 0.717) is 5.92 Å². The van der Waals surface area contributed by atoms with Crippen LogP contribution in [0.3, 0.4) is 0 Å². The van der Waals surface area contributed by atoms with Gasteiger partial charge in [-0.1, -0.05) is 13.3 Å².